The van der Waals surface area contributed by atoms with E-state index in [0.717, 1.165) is 12.8 Å². The van der Waals surface area contributed by atoms with Gasteiger partial charge in [0.25, 0.3) is 0 Å². The summed E-state index contributed by atoms with van der Waals surface area (Å²) in [7, 11) is 0. The highest BCUT2D eigenvalue weighted by Crippen LogP contribution is 2.13. The molecule has 0 aliphatic heterocycles. The van der Waals surface area contributed by atoms with Crippen molar-refractivity contribution in [2.24, 2.45) is 11.8 Å². The third kappa shape index (κ3) is 19.2. The minimum absolute atomic E-state index is 0.0459. The van der Waals surface area contributed by atoms with Gasteiger partial charge in [0.2, 0.25) is 0 Å². The lowest BCUT2D eigenvalue weighted by Gasteiger charge is -2.21. The third-order valence-electron chi connectivity index (χ3n) is 5.48. The molecule has 0 saturated heterocycles. The maximum atomic E-state index is 12.3. The Balaban J connectivity index is 3.64. The van der Waals surface area contributed by atoms with Gasteiger partial charge in [-0.1, -0.05) is 118 Å². The van der Waals surface area contributed by atoms with Crippen LogP contribution in [-0.2, 0) is 14.3 Å². The quantitative estimate of drug-likeness (QED) is 0.158. The summed E-state index contributed by atoms with van der Waals surface area (Å²) in [5, 5.41) is 2.64. The van der Waals surface area contributed by atoms with Crippen molar-refractivity contribution in [3.8, 4) is 0 Å². The van der Waals surface area contributed by atoms with Crippen molar-refractivity contribution < 1.29 is 19.1 Å². The van der Waals surface area contributed by atoms with E-state index >= 15 is 0 Å². The van der Waals surface area contributed by atoms with Gasteiger partial charge in [-0.05, 0) is 18.3 Å². The topological polar surface area (TPSA) is 64.6 Å². The lowest BCUT2D eigenvalue weighted by Crippen LogP contribution is -2.45. The van der Waals surface area contributed by atoms with E-state index in [9.17, 15) is 9.59 Å². The predicted octanol–water partition coefficient (Wildman–Crippen LogP) is 7.42. The molecule has 0 aromatic heterocycles. The number of ether oxygens (including phenoxy) is 2. The number of rotatable bonds is 20. The van der Waals surface area contributed by atoms with E-state index in [-0.39, 0.29) is 17.8 Å². The van der Waals surface area contributed by atoms with Crippen molar-refractivity contribution in [3.63, 3.8) is 0 Å². The molecular weight excluding hydrogens is 390 g/mol. The van der Waals surface area contributed by atoms with Crippen LogP contribution < -0.4 is 5.32 Å². The Hall–Kier alpha value is -1.26. The second kappa shape index (κ2) is 20.6. The fourth-order valence-corrected chi connectivity index (χ4v) is 3.47. The molecule has 0 aliphatic rings. The van der Waals surface area contributed by atoms with Crippen LogP contribution in [0.15, 0.2) is 0 Å². The molecule has 0 heterocycles. The molecule has 1 atom stereocenters. The van der Waals surface area contributed by atoms with Crippen molar-refractivity contribution in [2.45, 2.75) is 131 Å². The number of hydrogen-bond donors (Lipinski definition) is 1. The van der Waals surface area contributed by atoms with Gasteiger partial charge in [-0.15, -0.1) is 0 Å². The molecule has 1 N–H and O–H groups in total. The molecule has 0 radical (unpaired) electrons. The van der Waals surface area contributed by atoms with Crippen LogP contribution in [0.5, 0.6) is 0 Å². The molecular formula is C26H51NO4. The zero-order valence-electron chi connectivity index (χ0n) is 21.2. The number of esters is 1. The zero-order chi connectivity index (χ0) is 23.3. The van der Waals surface area contributed by atoms with E-state index in [4.69, 9.17) is 9.47 Å². The van der Waals surface area contributed by atoms with Crippen LogP contribution in [0.3, 0.4) is 0 Å². The van der Waals surface area contributed by atoms with Gasteiger partial charge < -0.3 is 14.8 Å². The van der Waals surface area contributed by atoms with E-state index in [0.29, 0.717) is 13.2 Å². The summed E-state index contributed by atoms with van der Waals surface area (Å²) in [5.74, 6) is -0.155. The first-order chi connectivity index (χ1) is 14.9. The summed E-state index contributed by atoms with van der Waals surface area (Å²) < 4.78 is 10.5. The van der Waals surface area contributed by atoms with Crippen LogP contribution in [0.1, 0.15) is 125 Å². The Labute approximate surface area is 192 Å². The van der Waals surface area contributed by atoms with Crippen LogP contribution in [-0.4, -0.2) is 31.3 Å². The Morgan fingerprint density at radius 3 is 1.55 bits per heavy atom. The molecule has 5 nitrogen and oxygen atoms in total. The van der Waals surface area contributed by atoms with Gasteiger partial charge in [0.15, 0.2) is 0 Å². The van der Waals surface area contributed by atoms with Crippen LogP contribution in [0.2, 0.25) is 0 Å². The van der Waals surface area contributed by atoms with Crippen molar-refractivity contribution in [3.05, 3.63) is 0 Å². The number of carbonyl (C=O) groups excluding carboxylic acids is 2. The first-order valence-corrected chi connectivity index (χ1v) is 13.0. The number of alkyl carbamates (subject to hydrolysis) is 1. The minimum atomic E-state index is -0.661. The van der Waals surface area contributed by atoms with E-state index in [1.165, 1.54) is 77.0 Å². The molecule has 0 fully saturated rings. The van der Waals surface area contributed by atoms with E-state index in [2.05, 4.69) is 12.2 Å². The van der Waals surface area contributed by atoms with Gasteiger partial charge in [-0.2, -0.15) is 0 Å². The second-order valence-electron chi connectivity index (χ2n) is 9.62. The Morgan fingerprint density at radius 2 is 1.13 bits per heavy atom. The van der Waals surface area contributed by atoms with Crippen molar-refractivity contribution >= 4 is 12.1 Å². The van der Waals surface area contributed by atoms with Crippen LogP contribution in [0, 0.1) is 11.8 Å². The zero-order valence-corrected chi connectivity index (χ0v) is 21.2. The number of unbranched alkanes of at least 4 members (excludes halogenated alkanes) is 13. The summed E-state index contributed by atoms with van der Waals surface area (Å²) in [6.07, 6.45) is 17.6. The van der Waals surface area contributed by atoms with Gasteiger partial charge in [0, 0.05) is 0 Å². The molecule has 0 saturated carbocycles. The molecule has 0 aliphatic carbocycles. The number of carbonyl (C=O) groups is 2. The normalized spacial score (nSPS) is 12.2. The molecule has 1 amide bonds. The average Bonchev–Trinajstić information content (AvgIpc) is 2.72. The molecule has 0 unspecified atom stereocenters. The molecule has 0 bridgehead atoms. The van der Waals surface area contributed by atoms with E-state index in [1.807, 2.05) is 27.7 Å². The molecule has 0 aromatic rings. The maximum absolute atomic E-state index is 12.3. The lowest BCUT2D eigenvalue weighted by atomic mass is 10.0. The second-order valence-corrected chi connectivity index (χ2v) is 9.62. The molecule has 31 heavy (non-hydrogen) atoms. The first-order valence-electron chi connectivity index (χ1n) is 13.0. The Kier molecular flexibility index (Phi) is 19.8. The highest BCUT2D eigenvalue weighted by atomic mass is 16.6. The molecule has 5 heteroatoms. The van der Waals surface area contributed by atoms with Gasteiger partial charge in [-0.25, -0.2) is 9.59 Å². The van der Waals surface area contributed by atoms with E-state index in [1.54, 1.807) is 0 Å². The summed E-state index contributed by atoms with van der Waals surface area (Å²) in [4.78, 5) is 24.1. The molecule has 0 rings (SSSR count). The monoisotopic (exact) mass is 441 g/mol. The Morgan fingerprint density at radius 1 is 0.677 bits per heavy atom. The maximum Gasteiger partial charge on any atom is 0.407 e. The van der Waals surface area contributed by atoms with E-state index < -0.39 is 12.1 Å². The smallest absolute Gasteiger partial charge is 0.407 e. The average molecular weight is 442 g/mol. The largest absolute Gasteiger partial charge is 0.464 e. The standard InChI is InChI=1S/C26H51NO4/c1-6-7-8-9-10-11-12-13-14-15-16-17-18-19-20-30-25(28)24(23(4)5)27-26(29)31-21-22(2)3/h22-24H,6-21H2,1-5H3,(H,27,29)/t24-/m0/s1. The van der Waals surface area contributed by atoms with Crippen LogP contribution in [0.25, 0.3) is 0 Å². The van der Waals surface area contributed by atoms with Crippen molar-refractivity contribution in [2.75, 3.05) is 13.2 Å². The van der Waals surface area contributed by atoms with Crippen LogP contribution >= 0.6 is 0 Å². The summed E-state index contributed by atoms with van der Waals surface area (Å²) in [6, 6.07) is -0.661. The highest BCUT2D eigenvalue weighted by molar-refractivity contribution is 5.81. The highest BCUT2D eigenvalue weighted by Gasteiger charge is 2.26. The third-order valence-corrected chi connectivity index (χ3v) is 5.48. The van der Waals surface area contributed by atoms with Gasteiger partial charge in [0.05, 0.1) is 13.2 Å². The molecule has 184 valence electrons. The fraction of sp³-hybridized carbons (Fsp3) is 0.923. The van der Waals surface area contributed by atoms with Gasteiger partial charge in [0.1, 0.15) is 6.04 Å². The number of amides is 1. The predicted molar refractivity (Wildman–Crippen MR) is 129 cm³/mol. The summed E-state index contributed by atoms with van der Waals surface area (Å²) >= 11 is 0. The summed E-state index contributed by atoms with van der Waals surface area (Å²) in [6.45, 7) is 10.7. The summed E-state index contributed by atoms with van der Waals surface area (Å²) in [5.41, 5.74) is 0. The number of nitrogens with one attached hydrogen (secondary N) is 1. The number of hydrogen-bond acceptors (Lipinski definition) is 4. The Bertz CT molecular complexity index is 437. The van der Waals surface area contributed by atoms with Crippen molar-refractivity contribution in [1.82, 2.24) is 5.32 Å². The minimum Gasteiger partial charge on any atom is -0.464 e. The van der Waals surface area contributed by atoms with Gasteiger partial charge >= 0.3 is 12.1 Å². The SMILES string of the molecule is CCCCCCCCCCCCCCCCOC(=O)[C@@H](NC(=O)OCC(C)C)C(C)C. The van der Waals surface area contributed by atoms with Crippen molar-refractivity contribution in [1.29, 1.82) is 0 Å². The molecule has 0 aromatic carbocycles. The molecule has 0 spiro atoms. The first kappa shape index (κ1) is 29.7. The van der Waals surface area contributed by atoms with Gasteiger partial charge in [-0.3, -0.25) is 0 Å². The lowest BCUT2D eigenvalue weighted by molar-refractivity contribution is -0.147. The fourth-order valence-electron chi connectivity index (χ4n) is 3.47. The van der Waals surface area contributed by atoms with Crippen LogP contribution in [0.4, 0.5) is 4.79 Å².